The molecule has 4 heteroatoms. The van der Waals surface area contributed by atoms with Crippen molar-refractivity contribution in [2.24, 2.45) is 0 Å². The van der Waals surface area contributed by atoms with Crippen LogP contribution in [0.4, 0.5) is 4.39 Å². The maximum absolute atomic E-state index is 13.6. The van der Waals surface area contributed by atoms with Crippen LogP contribution in [0.2, 0.25) is 5.02 Å². The zero-order valence-corrected chi connectivity index (χ0v) is 12.2. The summed E-state index contributed by atoms with van der Waals surface area (Å²) in [6.07, 6.45) is 0. The molecule has 0 unspecified atom stereocenters. The van der Waals surface area contributed by atoms with Crippen molar-refractivity contribution in [1.82, 2.24) is 0 Å². The summed E-state index contributed by atoms with van der Waals surface area (Å²) in [5.74, 6) is -0.100. The van der Waals surface area contributed by atoms with Gasteiger partial charge in [0.2, 0.25) is 0 Å². The van der Waals surface area contributed by atoms with E-state index in [1.165, 1.54) is 7.11 Å². The molecule has 2 aromatic rings. The lowest BCUT2D eigenvalue weighted by atomic mass is 9.98. The summed E-state index contributed by atoms with van der Waals surface area (Å²) in [5.41, 5.74) is 1.73. The Labute approximate surface area is 122 Å². The molecule has 0 spiro atoms. The minimum atomic E-state index is -0.287. The number of benzene rings is 2. The molecule has 0 N–H and O–H groups in total. The van der Waals surface area contributed by atoms with Crippen LogP contribution in [0, 0.1) is 19.7 Å². The third-order valence-corrected chi connectivity index (χ3v) is 3.34. The van der Waals surface area contributed by atoms with Crippen molar-refractivity contribution in [3.05, 3.63) is 63.4 Å². The Hall–Kier alpha value is -1.87. The van der Waals surface area contributed by atoms with Gasteiger partial charge in [0.15, 0.2) is 5.78 Å². The molecule has 20 heavy (non-hydrogen) atoms. The standard InChI is InChI=1S/C16H14ClFO2/c1-9-6-11(7-10(2)15(9)18)16(19)13-5-4-12(17)8-14(13)20-3/h4-8H,1-3H3. The predicted octanol–water partition coefficient (Wildman–Crippen LogP) is 4.34. The lowest BCUT2D eigenvalue weighted by Crippen LogP contribution is -2.06. The molecule has 0 atom stereocenters. The van der Waals surface area contributed by atoms with E-state index in [1.807, 2.05) is 0 Å². The van der Waals surface area contributed by atoms with Gasteiger partial charge in [-0.15, -0.1) is 0 Å². The van der Waals surface area contributed by atoms with Gasteiger partial charge >= 0.3 is 0 Å². The van der Waals surface area contributed by atoms with E-state index >= 15 is 0 Å². The molecule has 2 aromatic carbocycles. The summed E-state index contributed by atoms with van der Waals surface area (Å²) in [5, 5.41) is 0.491. The second-order valence-corrected chi connectivity index (χ2v) is 5.03. The number of carbonyl (C=O) groups is 1. The van der Waals surface area contributed by atoms with Gasteiger partial charge < -0.3 is 4.74 Å². The highest BCUT2D eigenvalue weighted by atomic mass is 35.5. The second-order valence-electron chi connectivity index (χ2n) is 4.60. The predicted molar refractivity (Wildman–Crippen MR) is 77.3 cm³/mol. The summed E-state index contributed by atoms with van der Waals surface area (Å²) in [7, 11) is 1.48. The Kier molecular flexibility index (Phi) is 4.09. The Morgan fingerprint density at radius 1 is 1.15 bits per heavy atom. The van der Waals surface area contributed by atoms with Crippen LogP contribution in [0.3, 0.4) is 0 Å². The molecule has 2 nitrogen and oxygen atoms in total. The van der Waals surface area contributed by atoms with Crippen LogP contribution in [0.15, 0.2) is 30.3 Å². The molecule has 0 heterocycles. The molecule has 0 bridgehead atoms. The molecular formula is C16H14ClFO2. The molecule has 104 valence electrons. The summed E-state index contributed by atoms with van der Waals surface area (Å²) in [4.78, 5) is 12.5. The molecule has 0 aromatic heterocycles. The van der Waals surface area contributed by atoms with E-state index in [2.05, 4.69) is 0 Å². The Morgan fingerprint density at radius 2 is 1.75 bits per heavy atom. The molecule has 0 aliphatic rings. The smallest absolute Gasteiger partial charge is 0.196 e. The third-order valence-electron chi connectivity index (χ3n) is 3.11. The fourth-order valence-corrected chi connectivity index (χ4v) is 2.25. The highest BCUT2D eigenvalue weighted by molar-refractivity contribution is 6.31. The minimum absolute atomic E-state index is 0.218. The fourth-order valence-electron chi connectivity index (χ4n) is 2.09. The number of hydrogen-bond donors (Lipinski definition) is 0. The second kappa shape index (κ2) is 5.63. The van der Waals surface area contributed by atoms with Crippen LogP contribution in [-0.2, 0) is 0 Å². The largest absolute Gasteiger partial charge is 0.496 e. The molecule has 0 saturated heterocycles. The lowest BCUT2D eigenvalue weighted by Gasteiger charge is -2.10. The van der Waals surface area contributed by atoms with E-state index in [0.717, 1.165) is 0 Å². The van der Waals surface area contributed by atoms with Gasteiger partial charge in [-0.25, -0.2) is 4.39 Å². The van der Waals surface area contributed by atoms with Crippen molar-refractivity contribution in [2.45, 2.75) is 13.8 Å². The van der Waals surface area contributed by atoms with Crippen LogP contribution in [-0.4, -0.2) is 12.9 Å². The molecule has 0 aliphatic carbocycles. The van der Waals surface area contributed by atoms with Crippen LogP contribution in [0.1, 0.15) is 27.0 Å². The van der Waals surface area contributed by atoms with Crippen molar-refractivity contribution in [3.8, 4) is 5.75 Å². The Morgan fingerprint density at radius 3 is 2.30 bits per heavy atom. The van der Waals surface area contributed by atoms with Crippen LogP contribution >= 0.6 is 11.6 Å². The van der Waals surface area contributed by atoms with E-state index in [4.69, 9.17) is 16.3 Å². The molecule has 0 aliphatic heterocycles. The number of aryl methyl sites for hydroxylation is 2. The van der Waals surface area contributed by atoms with E-state index < -0.39 is 0 Å². The van der Waals surface area contributed by atoms with Gasteiger partial charge in [-0.1, -0.05) is 11.6 Å². The third kappa shape index (κ3) is 2.68. The lowest BCUT2D eigenvalue weighted by molar-refractivity contribution is 0.103. The van der Waals surface area contributed by atoms with Crippen molar-refractivity contribution in [3.63, 3.8) is 0 Å². The molecular weight excluding hydrogens is 279 g/mol. The van der Waals surface area contributed by atoms with Gasteiger partial charge in [0.25, 0.3) is 0 Å². The van der Waals surface area contributed by atoms with Gasteiger partial charge in [-0.05, 0) is 55.3 Å². The van der Waals surface area contributed by atoms with Crippen LogP contribution < -0.4 is 4.74 Å². The normalized spacial score (nSPS) is 10.4. The first-order chi connectivity index (χ1) is 9.43. The van der Waals surface area contributed by atoms with Crippen molar-refractivity contribution in [1.29, 1.82) is 0 Å². The summed E-state index contributed by atoms with van der Waals surface area (Å²) >= 11 is 5.88. The number of carbonyl (C=O) groups excluding carboxylic acids is 1. The average molecular weight is 293 g/mol. The SMILES string of the molecule is COc1cc(Cl)ccc1C(=O)c1cc(C)c(F)c(C)c1. The van der Waals surface area contributed by atoms with Crippen molar-refractivity contribution in [2.75, 3.05) is 7.11 Å². The van der Waals surface area contributed by atoms with E-state index in [-0.39, 0.29) is 11.6 Å². The highest BCUT2D eigenvalue weighted by Gasteiger charge is 2.17. The summed E-state index contributed by atoms with van der Waals surface area (Å²) in [6.45, 7) is 3.27. The first-order valence-corrected chi connectivity index (χ1v) is 6.47. The minimum Gasteiger partial charge on any atom is -0.496 e. The maximum Gasteiger partial charge on any atom is 0.196 e. The first-order valence-electron chi connectivity index (χ1n) is 6.09. The number of rotatable bonds is 3. The number of hydrogen-bond acceptors (Lipinski definition) is 2. The first kappa shape index (κ1) is 14.5. The Balaban J connectivity index is 2.52. The Bertz CT molecular complexity index is 657. The monoisotopic (exact) mass is 292 g/mol. The molecule has 0 amide bonds. The van der Waals surface area contributed by atoms with Crippen molar-refractivity contribution >= 4 is 17.4 Å². The van der Waals surface area contributed by atoms with Crippen LogP contribution in [0.5, 0.6) is 5.75 Å². The average Bonchev–Trinajstić information content (AvgIpc) is 2.43. The quantitative estimate of drug-likeness (QED) is 0.787. The van der Waals surface area contributed by atoms with Gasteiger partial charge in [0.1, 0.15) is 11.6 Å². The van der Waals surface area contributed by atoms with E-state index in [0.29, 0.717) is 33.0 Å². The van der Waals surface area contributed by atoms with Gasteiger partial charge in [-0.3, -0.25) is 4.79 Å². The number of ketones is 1. The maximum atomic E-state index is 13.6. The van der Waals surface area contributed by atoms with Crippen LogP contribution in [0.25, 0.3) is 0 Å². The molecule has 0 fully saturated rings. The van der Waals surface area contributed by atoms with Gasteiger partial charge in [-0.2, -0.15) is 0 Å². The number of methoxy groups -OCH3 is 1. The number of ether oxygens (including phenoxy) is 1. The summed E-state index contributed by atoms with van der Waals surface area (Å²) in [6, 6.07) is 7.90. The highest BCUT2D eigenvalue weighted by Crippen LogP contribution is 2.26. The number of halogens is 2. The van der Waals surface area contributed by atoms with Gasteiger partial charge in [0.05, 0.1) is 12.7 Å². The molecule has 0 radical (unpaired) electrons. The topological polar surface area (TPSA) is 26.3 Å². The zero-order chi connectivity index (χ0) is 14.9. The molecule has 0 saturated carbocycles. The molecule has 2 rings (SSSR count). The summed E-state index contributed by atoms with van der Waals surface area (Å²) < 4.78 is 18.8. The zero-order valence-electron chi connectivity index (χ0n) is 11.5. The van der Waals surface area contributed by atoms with E-state index in [1.54, 1.807) is 44.2 Å². The van der Waals surface area contributed by atoms with Crippen molar-refractivity contribution < 1.29 is 13.9 Å². The fraction of sp³-hybridized carbons (Fsp3) is 0.188. The van der Waals surface area contributed by atoms with E-state index in [9.17, 15) is 9.18 Å². The van der Waals surface area contributed by atoms with Gasteiger partial charge in [0, 0.05) is 10.6 Å².